The van der Waals surface area contributed by atoms with Crippen LogP contribution in [0.15, 0.2) is 76.1 Å². The van der Waals surface area contributed by atoms with E-state index in [0.717, 1.165) is 32.3 Å². The first-order valence-corrected chi connectivity index (χ1v) is 11.5. The number of rotatable bonds is 5. The van der Waals surface area contributed by atoms with Gasteiger partial charge < -0.3 is 4.74 Å². The predicted molar refractivity (Wildman–Crippen MR) is 130 cm³/mol. The van der Waals surface area contributed by atoms with Crippen LogP contribution in [0, 0.1) is 0 Å². The lowest BCUT2D eigenvalue weighted by Crippen LogP contribution is -2.27. The van der Waals surface area contributed by atoms with Gasteiger partial charge in [-0.1, -0.05) is 41.4 Å². The van der Waals surface area contributed by atoms with Crippen molar-refractivity contribution in [2.75, 3.05) is 4.90 Å². The summed E-state index contributed by atoms with van der Waals surface area (Å²) >= 11 is 16.2. The van der Waals surface area contributed by atoms with Gasteiger partial charge in [0.15, 0.2) is 0 Å². The lowest BCUT2D eigenvalue weighted by molar-refractivity contribution is -0.113. The Kier molecular flexibility index (Phi) is 6.72. The van der Waals surface area contributed by atoms with E-state index >= 15 is 0 Å². The summed E-state index contributed by atoms with van der Waals surface area (Å²) in [4.78, 5) is 26.7. The van der Waals surface area contributed by atoms with Crippen LogP contribution in [0.3, 0.4) is 0 Å². The summed E-state index contributed by atoms with van der Waals surface area (Å²) in [5, 5.41) is 0.866. The van der Waals surface area contributed by atoms with Crippen LogP contribution >= 0.6 is 50.9 Å². The molecule has 4 rings (SSSR count). The number of hydrogen-bond donors (Lipinski definition) is 0. The molecular weight excluding hydrogens is 521 g/mol. The van der Waals surface area contributed by atoms with Gasteiger partial charge >= 0.3 is 0 Å². The standard InChI is InChI=1S/C23H14BrCl2NO3S/c24-19-11-15(3-10-20(19)30-13-14-1-4-16(25)5-2-14)12-21-22(28)27(23(29)31-21)18-8-6-17(26)7-9-18/h1-12H,13H2/b21-12+. The molecule has 31 heavy (non-hydrogen) atoms. The van der Waals surface area contributed by atoms with Crippen molar-refractivity contribution in [1.29, 1.82) is 0 Å². The third-order valence-corrected chi connectivity index (χ3v) is 6.43. The van der Waals surface area contributed by atoms with E-state index in [0.29, 0.717) is 33.0 Å². The monoisotopic (exact) mass is 533 g/mol. The molecule has 0 bridgehead atoms. The molecule has 4 nitrogen and oxygen atoms in total. The van der Waals surface area contributed by atoms with E-state index in [-0.39, 0.29) is 11.1 Å². The summed E-state index contributed by atoms with van der Waals surface area (Å²) in [6, 6.07) is 19.5. The highest BCUT2D eigenvalue weighted by Crippen LogP contribution is 2.37. The largest absolute Gasteiger partial charge is 0.488 e. The highest BCUT2D eigenvalue weighted by Gasteiger charge is 2.36. The van der Waals surface area contributed by atoms with Gasteiger partial charge in [0, 0.05) is 10.0 Å². The molecule has 1 aliphatic rings. The molecule has 0 saturated carbocycles. The number of nitrogens with zero attached hydrogens (tertiary/aromatic N) is 1. The van der Waals surface area contributed by atoms with E-state index in [1.54, 1.807) is 30.3 Å². The van der Waals surface area contributed by atoms with E-state index in [2.05, 4.69) is 15.9 Å². The number of ether oxygens (including phenoxy) is 1. The minimum Gasteiger partial charge on any atom is -0.488 e. The highest BCUT2D eigenvalue weighted by atomic mass is 79.9. The smallest absolute Gasteiger partial charge is 0.298 e. The summed E-state index contributed by atoms with van der Waals surface area (Å²) in [7, 11) is 0. The molecule has 1 saturated heterocycles. The first-order chi connectivity index (χ1) is 14.9. The van der Waals surface area contributed by atoms with Gasteiger partial charge in [-0.3, -0.25) is 9.59 Å². The van der Waals surface area contributed by atoms with Crippen molar-refractivity contribution in [3.63, 3.8) is 0 Å². The number of imide groups is 1. The van der Waals surface area contributed by atoms with Crippen LogP contribution < -0.4 is 9.64 Å². The molecular formula is C23H14BrCl2NO3S. The van der Waals surface area contributed by atoms with Gasteiger partial charge in [0.25, 0.3) is 11.1 Å². The molecule has 1 aliphatic heterocycles. The quantitative estimate of drug-likeness (QED) is 0.316. The minimum absolute atomic E-state index is 0.347. The Hall–Kier alpha value is -2.25. The molecule has 0 atom stereocenters. The van der Waals surface area contributed by atoms with Crippen molar-refractivity contribution in [2.24, 2.45) is 0 Å². The molecule has 0 unspecified atom stereocenters. The topological polar surface area (TPSA) is 46.6 Å². The molecule has 0 N–H and O–H groups in total. The molecule has 0 spiro atoms. The zero-order valence-electron chi connectivity index (χ0n) is 15.8. The molecule has 8 heteroatoms. The third-order valence-electron chi connectivity index (χ3n) is 4.44. The van der Waals surface area contributed by atoms with E-state index in [4.69, 9.17) is 27.9 Å². The average molecular weight is 535 g/mol. The molecule has 0 radical (unpaired) electrons. The molecule has 3 aromatic rings. The third kappa shape index (κ3) is 5.15. The number of anilines is 1. The number of carbonyl (C=O) groups is 2. The summed E-state index contributed by atoms with van der Waals surface area (Å²) in [6.07, 6.45) is 1.69. The van der Waals surface area contributed by atoms with Gasteiger partial charge in [-0.25, -0.2) is 4.90 Å². The second kappa shape index (κ2) is 9.49. The maximum absolute atomic E-state index is 12.8. The lowest BCUT2D eigenvalue weighted by Gasteiger charge is -2.12. The van der Waals surface area contributed by atoms with E-state index < -0.39 is 0 Å². The van der Waals surface area contributed by atoms with E-state index in [1.165, 1.54) is 0 Å². The van der Waals surface area contributed by atoms with Gasteiger partial charge in [0.05, 0.1) is 15.1 Å². The van der Waals surface area contributed by atoms with E-state index in [9.17, 15) is 9.59 Å². The van der Waals surface area contributed by atoms with Crippen molar-refractivity contribution in [2.45, 2.75) is 6.61 Å². The van der Waals surface area contributed by atoms with Crippen molar-refractivity contribution < 1.29 is 14.3 Å². The van der Waals surface area contributed by atoms with Crippen LogP contribution in [-0.2, 0) is 11.4 Å². The summed E-state index contributed by atoms with van der Waals surface area (Å²) in [6.45, 7) is 0.398. The number of carbonyl (C=O) groups excluding carboxylic acids is 2. The lowest BCUT2D eigenvalue weighted by atomic mass is 10.2. The van der Waals surface area contributed by atoms with Gasteiger partial charge in [0.1, 0.15) is 12.4 Å². The number of halogens is 3. The van der Waals surface area contributed by atoms with Gasteiger partial charge in [-0.05, 0) is 93.4 Å². The zero-order chi connectivity index (χ0) is 22.0. The Morgan fingerprint density at radius 3 is 2.23 bits per heavy atom. The summed E-state index contributed by atoms with van der Waals surface area (Å²) in [5.41, 5.74) is 2.26. The normalized spacial score (nSPS) is 15.1. The van der Waals surface area contributed by atoms with Crippen LogP contribution in [0.5, 0.6) is 5.75 Å². The van der Waals surface area contributed by atoms with Gasteiger partial charge in [-0.15, -0.1) is 0 Å². The van der Waals surface area contributed by atoms with Crippen LogP contribution in [0.2, 0.25) is 10.0 Å². The Morgan fingerprint density at radius 1 is 0.935 bits per heavy atom. The molecule has 3 aromatic carbocycles. The van der Waals surface area contributed by atoms with Crippen molar-refractivity contribution in [3.05, 3.63) is 97.3 Å². The fraction of sp³-hybridized carbons (Fsp3) is 0.0435. The van der Waals surface area contributed by atoms with Crippen LogP contribution in [0.4, 0.5) is 10.5 Å². The number of hydrogen-bond acceptors (Lipinski definition) is 4. The first-order valence-electron chi connectivity index (χ1n) is 9.11. The highest BCUT2D eigenvalue weighted by molar-refractivity contribution is 9.10. The molecule has 1 fully saturated rings. The van der Waals surface area contributed by atoms with Gasteiger partial charge in [-0.2, -0.15) is 0 Å². The molecule has 0 aromatic heterocycles. The maximum Gasteiger partial charge on any atom is 0.298 e. The van der Waals surface area contributed by atoms with Gasteiger partial charge in [0.2, 0.25) is 0 Å². The summed E-state index contributed by atoms with van der Waals surface area (Å²) in [5.74, 6) is 0.304. The SMILES string of the molecule is O=C1S/C(=C/c2ccc(OCc3ccc(Cl)cc3)c(Br)c2)C(=O)N1c1ccc(Cl)cc1. The number of amides is 2. The van der Waals surface area contributed by atoms with Crippen LogP contribution in [0.1, 0.15) is 11.1 Å². The Bertz CT molecular complexity index is 1180. The fourth-order valence-corrected chi connectivity index (χ4v) is 4.50. The maximum atomic E-state index is 12.8. The Labute approximate surface area is 201 Å². The minimum atomic E-state index is -0.364. The Balaban J connectivity index is 1.49. The van der Waals surface area contributed by atoms with Crippen LogP contribution in [-0.4, -0.2) is 11.1 Å². The van der Waals surface area contributed by atoms with Crippen molar-refractivity contribution in [3.8, 4) is 5.75 Å². The van der Waals surface area contributed by atoms with E-state index in [1.807, 2.05) is 42.5 Å². The second-order valence-corrected chi connectivity index (χ2v) is 9.32. The average Bonchev–Trinajstić information content (AvgIpc) is 3.02. The molecule has 0 aliphatic carbocycles. The summed E-state index contributed by atoms with van der Waals surface area (Å²) < 4.78 is 6.60. The number of benzene rings is 3. The molecule has 156 valence electrons. The molecule has 2 amide bonds. The van der Waals surface area contributed by atoms with Crippen molar-refractivity contribution in [1.82, 2.24) is 0 Å². The number of thioether (sulfide) groups is 1. The molecule has 1 heterocycles. The Morgan fingerprint density at radius 2 is 1.58 bits per heavy atom. The fourth-order valence-electron chi connectivity index (χ4n) is 2.90. The predicted octanol–water partition coefficient (Wildman–Crippen LogP) is 7.58. The first kappa shape index (κ1) is 22.0. The van der Waals surface area contributed by atoms with Crippen molar-refractivity contribution >= 4 is 73.8 Å². The second-order valence-electron chi connectivity index (χ2n) is 6.60. The van der Waals surface area contributed by atoms with Crippen LogP contribution in [0.25, 0.3) is 6.08 Å². The zero-order valence-corrected chi connectivity index (χ0v) is 19.8.